The van der Waals surface area contributed by atoms with Crippen molar-refractivity contribution < 1.29 is 4.79 Å². The molecule has 0 unspecified atom stereocenters. The molecule has 0 bridgehead atoms. The van der Waals surface area contributed by atoms with E-state index in [1.807, 2.05) is 6.92 Å². The molecular weight excluding hydrogens is 92.1 g/mol. The van der Waals surface area contributed by atoms with Crippen LogP contribution in [-0.4, -0.2) is 18.0 Å². The quantitative estimate of drug-likeness (QED) is 0.377. The van der Waals surface area contributed by atoms with E-state index in [0.29, 0.717) is 0 Å². The Morgan fingerprint density at radius 1 is 1.86 bits per heavy atom. The first-order valence-electron chi connectivity index (χ1n) is 2.28. The van der Waals surface area contributed by atoms with E-state index in [2.05, 4.69) is 5.32 Å². The van der Waals surface area contributed by atoms with Crippen LogP contribution in [0.4, 0.5) is 0 Å². The Labute approximate surface area is 41.9 Å². The van der Waals surface area contributed by atoms with Crippen LogP contribution in [-0.2, 0) is 4.79 Å². The van der Waals surface area contributed by atoms with Gasteiger partial charge in [-0.3, -0.25) is 4.79 Å². The monoisotopic (exact) mass is 100 g/mol. The first-order chi connectivity index (χ1) is 3.22. The lowest BCUT2D eigenvalue weighted by Gasteiger charge is -2.30. The number of hydrogen-bond donors (Lipinski definition) is 2. The van der Waals surface area contributed by atoms with Crippen molar-refractivity contribution >= 4 is 5.91 Å². The molecule has 0 saturated carbocycles. The number of hydrogen-bond acceptors (Lipinski definition) is 2. The summed E-state index contributed by atoms with van der Waals surface area (Å²) in [6.45, 7) is 1.88. The van der Waals surface area contributed by atoms with E-state index >= 15 is 0 Å². The Kier molecular flexibility index (Phi) is 0.785. The number of carbonyl (C=O) groups is 1. The lowest BCUT2D eigenvalue weighted by Crippen LogP contribution is -2.65. The summed E-state index contributed by atoms with van der Waals surface area (Å²) in [5, 5.41) is 2.59. The number of carbonyl (C=O) groups excluding carboxylic acids is 1. The summed E-state index contributed by atoms with van der Waals surface area (Å²) in [5.41, 5.74) is 5.25. The molecule has 0 radical (unpaired) electrons. The van der Waals surface area contributed by atoms with Crippen LogP contribution in [0.2, 0.25) is 0 Å². The lowest BCUT2D eigenvalue weighted by molar-refractivity contribution is -0.129. The predicted molar refractivity (Wildman–Crippen MR) is 25.6 cm³/mol. The standard InChI is InChI=1S/C4H8N2O/c1-2-3(5)4(7)6-2/h2-3H,5H2,1H3,(H,6,7)/t2-,3-/m0/s1. The van der Waals surface area contributed by atoms with Gasteiger partial charge in [-0.1, -0.05) is 0 Å². The second-order valence-electron chi connectivity index (χ2n) is 1.82. The molecule has 1 heterocycles. The van der Waals surface area contributed by atoms with Crippen molar-refractivity contribution in [1.82, 2.24) is 5.32 Å². The molecular formula is C4H8N2O. The highest BCUT2D eigenvalue weighted by Gasteiger charge is 2.31. The third-order valence-electron chi connectivity index (χ3n) is 1.21. The summed E-state index contributed by atoms with van der Waals surface area (Å²) in [6.07, 6.45) is 0. The minimum absolute atomic E-state index is 0.0347. The second kappa shape index (κ2) is 1.20. The number of β-lactam (4-membered cyclic amide) rings is 1. The van der Waals surface area contributed by atoms with Crippen LogP contribution in [0.1, 0.15) is 6.92 Å². The van der Waals surface area contributed by atoms with Crippen LogP contribution in [0.15, 0.2) is 0 Å². The smallest absolute Gasteiger partial charge is 0.239 e. The minimum atomic E-state index is -0.250. The Hall–Kier alpha value is -0.570. The van der Waals surface area contributed by atoms with E-state index in [0.717, 1.165) is 0 Å². The molecule has 0 spiro atoms. The van der Waals surface area contributed by atoms with Gasteiger partial charge in [0.25, 0.3) is 0 Å². The number of nitrogens with two attached hydrogens (primary N) is 1. The number of rotatable bonds is 0. The molecule has 3 N–H and O–H groups in total. The summed E-state index contributed by atoms with van der Waals surface area (Å²) in [5.74, 6) is -0.0347. The van der Waals surface area contributed by atoms with Crippen LogP contribution < -0.4 is 11.1 Å². The molecule has 3 nitrogen and oxygen atoms in total. The highest BCUT2D eigenvalue weighted by atomic mass is 16.2. The molecule has 0 aromatic heterocycles. The van der Waals surface area contributed by atoms with E-state index in [1.54, 1.807) is 0 Å². The van der Waals surface area contributed by atoms with Crippen molar-refractivity contribution in [3.63, 3.8) is 0 Å². The Bertz CT molecular complexity index is 102. The molecule has 1 saturated heterocycles. The van der Waals surface area contributed by atoms with Crippen LogP contribution in [0.25, 0.3) is 0 Å². The van der Waals surface area contributed by atoms with Gasteiger partial charge in [-0.25, -0.2) is 0 Å². The average Bonchev–Trinajstić information content (AvgIpc) is 1.68. The van der Waals surface area contributed by atoms with Crippen molar-refractivity contribution in [2.45, 2.75) is 19.0 Å². The fourth-order valence-corrected chi connectivity index (χ4v) is 0.541. The fourth-order valence-electron chi connectivity index (χ4n) is 0.541. The van der Waals surface area contributed by atoms with Crippen molar-refractivity contribution in [1.29, 1.82) is 0 Å². The van der Waals surface area contributed by atoms with Gasteiger partial charge < -0.3 is 11.1 Å². The van der Waals surface area contributed by atoms with Crippen molar-refractivity contribution in [3.8, 4) is 0 Å². The third-order valence-corrected chi connectivity index (χ3v) is 1.21. The van der Waals surface area contributed by atoms with Crippen LogP contribution in [0, 0.1) is 0 Å². The van der Waals surface area contributed by atoms with Crippen molar-refractivity contribution in [2.24, 2.45) is 5.73 Å². The zero-order chi connectivity index (χ0) is 5.44. The van der Waals surface area contributed by atoms with Crippen molar-refractivity contribution in [3.05, 3.63) is 0 Å². The maximum Gasteiger partial charge on any atom is 0.239 e. The van der Waals surface area contributed by atoms with Gasteiger partial charge in [0.1, 0.15) is 6.04 Å². The molecule has 0 aliphatic carbocycles. The van der Waals surface area contributed by atoms with Gasteiger partial charge in [-0.2, -0.15) is 0 Å². The summed E-state index contributed by atoms with van der Waals surface area (Å²) in [6, 6.07) is -0.0625. The number of nitrogens with one attached hydrogen (secondary N) is 1. The summed E-state index contributed by atoms with van der Waals surface area (Å²) in [7, 11) is 0. The second-order valence-corrected chi connectivity index (χ2v) is 1.82. The van der Waals surface area contributed by atoms with Gasteiger partial charge in [-0.15, -0.1) is 0 Å². The topological polar surface area (TPSA) is 55.1 Å². The molecule has 7 heavy (non-hydrogen) atoms. The van der Waals surface area contributed by atoms with E-state index in [9.17, 15) is 4.79 Å². The molecule has 1 aliphatic heterocycles. The van der Waals surface area contributed by atoms with Crippen molar-refractivity contribution in [2.75, 3.05) is 0 Å². The van der Waals surface area contributed by atoms with E-state index < -0.39 is 0 Å². The molecule has 1 aliphatic rings. The molecule has 1 amide bonds. The Morgan fingerprint density at radius 3 is 2.43 bits per heavy atom. The minimum Gasteiger partial charge on any atom is -0.350 e. The number of amides is 1. The summed E-state index contributed by atoms with van der Waals surface area (Å²) < 4.78 is 0. The molecule has 0 aromatic rings. The van der Waals surface area contributed by atoms with Gasteiger partial charge in [-0.05, 0) is 6.92 Å². The summed E-state index contributed by atoms with van der Waals surface area (Å²) in [4.78, 5) is 10.2. The molecule has 1 fully saturated rings. The fraction of sp³-hybridized carbons (Fsp3) is 0.750. The third kappa shape index (κ3) is 0.489. The predicted octanol–water partition coefficient (Wildman–Crippen LogP) is -1.17. The van der Waals surface area contributed by atoms with E-state index in [1.165, 1.54) is 0 Å². The lowest BCUT2D eigenvalue weighted by atomic mass is 10.0. The maximum atomic E-state index is 10.2. The van der Waals surface area contributed by atoms with E-state index in [-0.39, 0.29) is 18.0 Å². The first-order valence-corrected chi connectivity index (χ1v) is 2.28. The van der Waals surface area contributed by atoms with Gasteiger partial charge >= 0.3 is 0 Å². The zero-order valence-corrected chi connectivity index (χ0v) is 4.14. The van der Waals surface area contributed by atoms with Gasteiger partial charge in [0.15, 0.2) is 0 Å². The average molecular weight is 100 g/mol. The Morgan fingerprint density at radius 2 is 2.43 bits per heavy atom. The normalized spacial score (nSPS) is 39.4. The summed E-state index contributed by atoms with van der Waals surface area (Å²) >= 11 is 0. The molecule has 3 heteroatoms. The highest BCUT2D eigenvalue weighted by Crippen LogP contribution is 1.99. The van der Waals surface area contributed by atoms with Gasteiger partial charge in [0, 0.05) is 0 Å². The van der Waals surface area contributed by atoms with Gasteiger partial charge in [0.2, 0.25) is 5.91 Å². The SMILES string of the molecule is C[C@@H]1NC(=O)[C@H]1N. The van der Waals surface area contributed by atoms with Crippen LogP contribution in [0.5, 0.6) is 0 Å². The largest absolute Gasteiger partial charge is 0.350 e. The maximum absolute atomic E-state index is 10.2. The van der Waals surface area contributed by atoms with E-state index in [4.69, 9.17) is 5.73 Å². The molecule has 40 valence electrons. The molecule has 1 rings (SSSR count). The zero-order valence-electron chi connectivity index (χ0n) is 4.14. The van der Waals surface area contributed by atoms with Crippen LogP contribution in [0.3, 0.4) is 0 Å². The van der Waals surface area contributed by atoms with Gasteiger partial charge in [0.05, 0.1) is 6.04 Å². The first kappa shape index (κ1) is 4.59. The van der Waals surface area contributed by atoms with Crippen LogP contribution >= 0.6 is 0 Å². The molecule has 0 aromatic carbocycles. The Balaban J connectivity index is 2.43. The highest BCUT2D eigenvalue weighted by molar-refractivity contribution is 5.88. The molecule has 2 atom stereocenters.